The van der Waals surface area contributed by atoms with Gasteiger partial charge in [-0.15, -0.1) is 0 Å². The first-order valence-electron chi connectivity index (χ1n) is 54.7. The minimum Gasteiger partial charge on any atom is -0.365 e. The molecule has 0 spiro atoms. The minimum absolute atomic E-state index is 0.0847. The third-order valence-corrected chi connectivity index (χ3v) is 30.9. The van der Waals surface area contributed by atoms with Gasteiger partial charge >= 0.3 is 0 Å². The van der Waals surface area contributed by atoms with Crippen molar-refractivity contribution in [3.63, 3.8) is 0 Å². The average Bonchev–Trinajstić information content (AvgIpc) is 0.805. The van der Waals surface area contributed by atoms with Crippen molar-refractivity contribution in [1.82, 2.24) is 19.9 Å². The van der Waals surface area contributed by atoms with Crippen LogP contribution in [0.5, 0.6) is 0 Å². The SMILES string of the molecule is CCCCCCCCCc1ccc(-c2ccc(C(OC(c3ccc(-c4ccc(CCCCCCCCC)cn4)cc3)C3CCC(CCC)CC3)C3CCC(CCC)CC3)cc2)nc1.CCCCCCCCCc1ccc(-c2ccc(C(OC(c3ccc(-c4ccc(CCCCCCCCC)cn4)cc3)C3CCC(CCCC)CC3)C3CCC(CCCC)CC3)cc2)nc1. The van der Waals surface area contributed by atoms with Crippen molar-refractivity contribution in [2.75, 3.05) is 0 Å². The number of hydrogen-bond acceptors (Lipinski definition) is 6. The lowest BCUT2D eigenvalue weighted by atomic mass is 9.74. The zero-order valence-electron chi connectivity index (χ0n) is 82.7. The number of pyridine rings is 4. The lowest BCUT2D eigenvalue weighted by Crippen LogP contribution is -2.28. The van der Waals surface area contributed by atoms with Crippen molar-refractivity contribution < 1.29 is 9.47 Å². The molecule has 8 aromatic rings. The van der Waals surface area contributed by atoms with Crippen LogP contribution in [0.4, 0.5) is 0 Å². The molecule has 0 aliphatic heterocycles. The summed E-state index contributed by atoms with van der Waals surface area (Å²) >= 11 is 0. The van der Waals surface area contributed by atoms with E-state index in [0.29, 0.717) is 23.7 Å². The quantitative estimate of drug-likeness (QED) is 0.0354. The lowest BCUT2D eigenvalue weighted by molar-refractivity contribution is -0.0908. The molecule has 12 rings (SSSR count). The van der Waals surface area contributed by atoms with E-state index in [1.807, 2.05) is 0 Å². The highest BCUT2D eigenvalue weighted by molar-refractivity contribution is 5.63. The van der Waals surface area contributed by atoms with E-state index in [1.54, 1.807) is 0 Å². The maximum Gasteiger partial charge on any atom is 0.0861 e. The average molecular weight is 1730 g/mol. The molecule has 4 aliphatic rings. The highest BCUT2D eigenvalue weighted by Crippen LogP contribution is 2.51. The molecule has 700 valence electrons. The molecular formula is C122H180N4O2. The van der Waals surface area contributed by atoms with Crippen LogP contribution < -0.4 is 0 Å². The summed E-state index contributed by atoms with van der Waals surface area (Å²) in [6.45, 7) is 18.6. The van der Waals surface area contributed by atoms with Crippen LogP contribution >= 0.6 is 0 Å². The summed E-state index contributed by atoms with van der Waals surface area (Å²) in [5.41, 5.74) is 19.9. The fourth-order valence-corrected chi connectivity index (χ4v) is 22.6. The first-order chi connectivity index (χ1) is 63.2. The zero-order valence-corrected chi connectivity index (χ0v) is 82.7. The van der Waals surface area contributed by atoms with Gasteiger partial charge in [0.05, 0.1) is 47.2 Å². The van der Waals surface area contributed by atoms with Crippen LogP contribution in [0.15, 0.2) is 170 Å². The highest BCUT2D eigenvalue weighted by Gasteiger charge is 2.39. The first-order valence-corrected chi connectivity index (χ1v) is 54.7. The summed E-state index contributed by atoms with van der Waals surface area (Å²) < 4.78 is 15.5. The predicted octanol–water partition coefficient (Wildman–Crippen LogP) is 37.6. The summed E-state index contributed by atoms with van der Waals surface area (Å²) in [7, 11) is 0. The van der Waals surface area contributed by atoms with Gasteiger partial charge in [-0.3, -0.25) is 19.9 Å². The normalized spacial score (nSPS) is 20.0. The third-order valence-electron chi connectivity index (χ3n) is 30.9. The molecule has 4 aromatic carbocycles. The Bertz CT molecular complexity index is 3830. The van der Waals surface area contributed by atoms with Gasteiger partial charge in [0.25, 0.3) is 0 Å². The second-order valence-electron chi connectivity index (χ2n) is 41.1. The molecule has 0 saturated heterocycles. The summed E-state index contributed by atoms with van der Waals surface area (Å²) in [4.78, 5) is 19.9. The molecule has 4 heterocycles. The van der Waals surface area contributed by atoms with Crippen molar-refractivity contribution in [1.29, 1.82) is 0 Å². The Labute approximate surface area is 783 Å². The summed E-state index contributed by atoms with van der Waals surface area (Å²) in [6, 6.07) is 55.9. The Hall–Kier alpha value is -6.60. The topological polar surface area (TPSA) is 70.0 Å². The third kappa shape index (κ3) is 34.8. The fourth-order valence-electron chi connectivity index (χ4n) is 22.6. The molecule has 4 aliphatic carbocycles. The molecule has 4 fully saturated rings. The number of unbranched alkanes of at least 4 members (excludes halogenated alkanes) is 26. The van der Waals surface area contributed by atoms with E-state index >= 15 is 0 Å². The Morgan fingerprint density at radius 3 is 0.586 bits per heavy atom. The van der Waals surface area contributed by atoms with E-state index < -0.39 is 0 Å². The maximum absolute atomic E-state index is 7.77. The molecule has 0 N–H and O–H groups in total. The van der Waals surface area contributed by atoms with Gasteiger partial charge in [-0.2, -0.15) is 0 Å². The van der Waals surface area contributed by atoms with Gasteiger partial charge in [-0.25, -0.2) is 0 Å². The zero-order chi connectivity index (χ0) is 89.2. The second kappa shape index (κ2) is 59.8. The molecule has 0 bridgehead atoms. The Morgan fingerprint density at radius 2 is 0.398 bits per heavy atom. The van der Waals surface area contributed by atoms with Gasteiger partial charge < -0.3 is 9.47 Å². The van der Waals surface area contributed by atoms with Crippen LogP contribution in [0.3, 0.4) is 0 Å². The molecular weight excluding hydrogens is 1550 g/mol. The molecule has 4 atom stereocenters. The molecule has 4 unspecified atom stereocenters. The number of hydrogen-bond donors (Lipinski definition) is 0. The summed E-state index contributed by atoms with van der Waals surface area (Å²) in [5, 5.41) is 0. The Morgan fingerprint density at radius 1 is 0.203 bits per heavy atom. The lowest BCUT2D eigenvalue weighted by Gasteiger charge is -2.40. The number of ether oxygens (including phenoxy) is 2. The van der Waals surface area contributed by atoms with Crippen molar-refractivity contribution >= 4 is 0 Å². The van der Waals surface area contributed by atoms with Gasteiger partial charge in [0.2, 0.25) is 0 Å². The first kappa shape index (κ1) is 102. The van der Waals surface area contributed by atoms with Crippen LogP contribution in [0.1, 0.15) is 471 Å². The van der Waals surface area contributed by atoms with Gasteiger partial charge in [-0.05, 0) is 219 Å². The molecule has 0 amide bonds. The monoisotopic (exact) mass is 1730 g/mol. The Kier molecular flexibility index (Phi) is 47.6. The van der Waals surface area contributed by atoms with Crippen molar-refractivity contribution in [3.05, 3.63) is 215 Å². The Balaban J connectivity index is 0.000000248. The maximum atomic E-state index is 7.77. The van der Waals surface area contributed by atoms with Crippen molar-refractivity contribution in [2.45, 2.75) is 452 Å². The highest BCUT2D eigenvalue weighted by atomic mass is 16.5. The molecule has 4 aromatic heterocycles. The number of rotatable bonds is 58. The number of aromatic nitrogens is 4. The molecule has 4 saturated carbocycles. The van der Waals surface area contributed by atoms with E-state index in [4.69, 9.17) is 29.4 Å². The summed E-state index contributed by atoms with van der Waals surface area (Å²) in [5.74, 6) is 5.63. The van der Waals surface area contributed by atoms with Gasteiger partial charge in [0, 0.05) is 47.0 Å². The fraction of sp³-hybridized carbons (Fsp3) is 0.639. The van der Waals surface area contributed by atoms with Crippen LogP contribution in [0.2, 0.25) is 0 Å². The molecule has 0 radical (unpaired) electrons. The van der Waals surface area contributed by atoms with Crippen LogP contribution in [0, 0.1) is 47.3 Å². The number of benzene rings is 4. The van der Waals surface area contributed by atoms with Gasteiger partial charge in [0.1, 0.15) is 0 Å². The predicted molar refractivity (Wildman–Crippen MR) is 549 cm³/mol. The largest absolute Gasteiger partial charge is 0.365 e. The van der Waals surface area contributed by atoms with E-state index in [0.717, 1.165) is 72.1 Å². The van der Waals surface area contributed by atoms with E-state index in [9.17, 15) is 0 Å². The van der Waals surface area contributed by atoms with E-state index in [-0.39, 0.29) is 24.4 Å². The number of nitrogens with zero attached hydrogens (tertiary/aromatic N) is 4. The second-order valence-corrected chi connectivity index (χ2v) is 41.1. The van der Waals surface area contributed by atoms with Crippen molar-refractivity contribution in [2.24, 2.45) is 47.3 Å². The summed E-state index contributed by atoms with van der Waals surface area (Å²) in [6.07, 6.45) is 85.2. The smallest absolute Gasteiger partial charge is 0.0861 e. The van der Waals surface area contributed by atoms with Gasteiger partial charge in [-0.1, -0.05) is 446 Å². The standard InChI is InChI=1S/C62H92N2O.C60H88N2O/c1-5-9-13-15-17-19-21-25-51-31-45-59(63-47-51)53-37-41-57(42-38-53)61(55-33-27-49(28-34-55)23-11-7-3)65-62(56-35-29-50(30-36-56)24-12-8-4)58-43-39-54(40-44-58)60-46-32-52(48-64-60)26-22-20-18-16-14-10-6-2;1-5-9-11-13-15-17-19-23-49-29-43-57(61-45-49)51-35-39-55(40-36-51)59(53-31-25-47(21-7-3)26-32-53)63-60(54-33-27-48(22-8-4)28-34-54)56-41-37-52(38-42-56)58-44-30-50(46-62-58)24-20-18-16-14-12-10-6-2/h31-32,37-50,55-56,61-62H,5-30,33-36H2,1-4H3;29-30,35-48,53-54,59-60H,5-28,31-34H2,1-4H3. The van der Waals surface area contributed by atoms with E-state index in [2.05, 4.69) is 226 Å². The van der Waals surface area contributed by atoms with E-state index in [1.165, 1.54) is 413 Å². The van der Waals surface area contributed by atoms with Gasteiger partial charge in [0.15, 0.2) is 0 Å². The molecule has 6 heteroatoms. The molecule has 128 heavy (non-hydrogen) atoms. The van der Waals surface area contributed by atoms with Crippen LogP contribution in [0.25, 0.3) is 45.0 Å². The van der Waals surface area contributed by atoms with Crippen molar-refractivity contribution in [3.8, 4) is 45.0 Å². The molecule has 6 nitrogen and oxygen atoms in total. The van der Waals surface area contributed by atoms with Crippen LogP contribution in [-0.2, 0) is 35.2 Å². The van der Waals surface area contributed by atoms with Crippen LogP contribution in [-0.4, -0.2) is 19.9 Å². The minimum atomic E-state index is 0.0847. The number of aryl methyl sites for hydroxylation is 4.